The average molecular weight is 311 g/mol. The van der Waals surface area contributed by atoms with E-state index in [2.05, 4.69) is 24.0 Å². The Kier molecular flexibility index (Phi) is 3.82. The quantitative estimate of drug-likeness (QED) is 0.947. The second-order valence-electron chi connectivity index (χ2n) is 7.38. The van der Waals surface area contributed by atoms with Crippen molar-refractivity contribution in [3.8, 4) is 0 Å². The maximum atomic E-state index is 9.96. The largest absolute Gasteiger partial charge is 0.396 e. The van der Waals surface area contributed by atoms with Gasteiger partial charge in [0.25, 0.3) is 0 Å². The summed E-state index contributed by atoms with van der Waals surface area (Å²) in [6, 6.07) is 8.21. The second kappa shape index (κ2) is 5.84. The first kappa shape index (κ1) is 15.0. The van der Waals surface area contributed by atoms with Crippen molar-refractivity contribution < 1.29 is 5.11 Å². The number of aliphatic hydroxyl groups is 1. The Morgan fingerprint density at radius 2 is 2.13 bits per heavy atom. The van der Waals surface area contributed by atoms with Gasteiger partial charge in [0, 0.05) is 29.6 Å². The van der Waals surface area contributed by atoms with E-state index >= 15 is 0 Å². The number of aromatic nitrogens is 2. The monoisotopic (exact) mass is 311 g/mol. The van der Waals surface area contributed by atoms with Gasteiger partial charge in [0.2, 0.25) is 0 Å². The third-order valence-corrected chi connectivity index (χ3v) is 5.88. The Hall–Kier alpha value is -1.52. The Morgan fingerprint density at radius 1 is 1.26 bits per heavy atom. The minimum Gasteiger partial charge on any atom is -0.396 e. The van der Waals surface area contributed by atoms with Crippen molar-refractivity contribution in [2.45, 2.75) is 39.2 Å². The number of para-hydroxylation sites is 1. The molecule has 0 bridgehead atoms. The van der Waals surface area contributed by atoms with Gasteiger partial charge in [-0.25, -0.2) is 9.97 Å². The number of aliphatic hydroxyl groups excluding tert-OH is 1. The molecule has 4 rings (SSSR count). The molecule has 0 amide bonds. The number of benzene rings is 1. The van der Waals surface area contributed by atoms with E-state index < -0.39 is 0 Å². The normalized spacial score (nSPS) is 28.2. The third kappa shape index (κ3) is 2.64. The molecule has 2 aromatic rings. The molecular formula is C19H25N3O. The number of likely N-dealkylation sites (tertiary alicyclic amines) is 1. The van der Waals surface area contributed by atoms with E-state index in [4.69, 9.17) is 9.97 Å². The van der Waals surface area contributed by atoms with Gasteiger partial charge in [0.1, 0.15) is 5.82 Å². The van der Waals surface area contributed by atoms with Crippen molar-refractivity contribution in [3.05, 3.63) is 35.8 Å². The molecule has 2 aliphatic rings. The molecule has 1 aromatic carbocycles. The molecule has 0 radical (unpaired) electrons. The van der Waals surface area contributed by atoms with Gasteiger partial charge in [0.15, 0.2) is 0 Å². The fourth-order valence-electron chi connectivity index (χ4n) is 4.64. The summed E-state index contributed by atoms with van der Waals surface area (Å²) >= 11 is 0. The third-order valence-electron chi connectivity index (χ3n) is 5.88. The minimum atomic E-state index is 0.129. The van der Waals surface area contributed by atoms with Crippen LogP contribution >= 0.6 is 0 Å². The maximum Gasteiger partial charge on any atom is 0.143 e. The van der Waals surface area contributed by atoms with Crippen LogP contribution in [0.15, 0.2) is 24.3 Å². The molecule has 2 heterocycles. The highest BCUT2D eigenvalue weighted by atomic mass is 16.3. The summed E-state index contributed by atoms with van der Waals surface area (Å²) in [7, 11) is 0. The molecule has 1 aliphatic heterocycles. The van der Waals surface area contributed by atoms with E-state index in [1.54, 1.807) is 0 Å². The summed E-state index contributed by atoms with van der Waals surface area (Å²) in [5.41, 5.74) is 2.21. The van der Waals surface area contributed by atoms with Crippen LogP contribution in [0.1, 0.15) is 37.2 Å². The van der Waals surface area contributed by atoms with E-state index in [-0.39, 0.29) is 5.41 Å². The second-order valence-corrected chi connectivity index (χ2v) is 7.38. The first-order valence-corrected chi connectivity index (χ1v) is 8.76. The SMILES string of the molecule is Cc1nc(CN2C[C@@H]3CCCC[C@]3(CO)C2)nc2ccccc12. The van der Waals surface area contributed by atoms with Gasteiger partial charge >= 0.3 is 0 Å². The van der Waals surface area contributed by atoms with Crippen molar-refractivity contribution in [2.24, 2.45) is 11.3 Å². The number of hydrogen-bond acceptors (Lipinski definition) is 4. The van der Waals surface area contributed by atoms with Crippen LogP contribution in [0.3, 0.4) is 0 Å². The van der Waals surface area contributed by atoms with Gasteiger partial charge in [-0.15, -0.1) is 0 Å². The Balaban J connectivity index is 1.57. The molecule has 1 N–H and O–H groups in total. The molecule has 0 spiro atoms. The Morgan fingerprint density at radius 3 is 2.96 bits per heavy atom. The first-order valence-electron chi connectivity index (χ1n) is 8.76. The van der Waals surface area contributed by atoms with Crippen LogP contribution in [0, 0.1) is 18.3 Å². The fourth-order valence-corrected chi connectivity index (χ4v) is 4.64. The molecule has 4 heteroatoms. The zero-order valence-corrected chi connectivity index (χ0v) is 13.8. The van der Waals surface area contributed by atoms with Gasteiger partial charge in [0.05, 0.1) is 18.7 Å². The van der Waals surface area contributed by atoms with Crippen LogP contribution in [0.5, 0.6) is 0 Å². The molecule has 1 aliphatic carbocycles. The van der Waals surface area contributed by atoms with Crippen LogP contribution in [-0.4, -0.2) is 39.7 Å². The molecule has 23 heavy (non-hydrogen) atoms. The van der Waals surface area contributed by atoms with Gasteiger partial charge in [-0.05, 0) is 31.7 Å². The smallest absolute Gasteiger partial charge is 0.143 e. The molecule has 4 nitrogen and oxygen atoms in total. The number of rotatable bonds is 3. The standard InChI is InChI=1S/C19H25N3O/c1-14-16-7-2-3-8-17(16)21-18(20-14)11-22-10-15-6-4-5-9-19(15,12-22)13-23/h2-3,7-8,15,23H,4-6,9-13H2,1H3/t15-,19+/m0/s1. The van der Waals surface area contributed by atoms with Gasteiger partial charge < -0.3 is 5.11 Å². The molecule has 2 fully saturated rings. The van der Waals surface area contributed by atoms with Crippen LogP contribution in [-0.2, 0) is 6.54 Å². The topological polar surface area (TPSA) is 49.2 Å². The summed E-state index contributed by atoms with van der Waals surface area (Å²) in [6.45, 7) is 5.25. The molecule has 1 saturated carbocycles. The number of hydrogen-bond donors (Lipinski definition) is 1. The van der Waals surface area contributed by atoms with Crippen molar-refractivity contribution in [3.63, 3.8) is 0 Å². The van der Waals surface area contributed by atoms with Gasteiger partial charge in [-0.3, -0.25) is 4.90 Å². The molecule has 0 unspecified atom stereocenters. The highest BCUT2D eigenvalue weighted by molar-refractivity contribution is 5.80. The highest BCUT2D eigenvalue weighted by Crippen LogP contribution is 2.46. The van der Waals surface area contributed by atoms with Crippen LogP contribution in [0.2, 0.25) is 0 Å². The summed E-state index contributed by atoms with van der Waals surface area (Å²) in [5.74, 6) is 1.55. The lowest BCUT2D eigenvalue weighted by molar-refractivity contribution is 0.0579. The summed E-state index contributed by atoms with van der Waals surface area (Å²) in [4.78, 5) is 11.9. The summed E-state index contributed by atoms with van der Waals surface area (Å²) < 4.78 is 0. The first-order chi connectivity index (χ1) is 11.2. The number of aryl methyl sites for hydroxylation is 1. The van der Waals surface area contributed by atoms with Gasteiger partial charge in [-0.2, -0.15) is 0 Å². The van der Waals surface area contributed by atoms with Crippen LogP contribution < -0.4 is 0 Å². The van der Waals surface area contributed by atoms with Crippen LogP contribution in [0.4, 0.5) is 0 Å². The summed E-state index contributed by atoms with van der Waals surface area (Å²) in [5, 5.41) is 11.1. The molecule has 1 aromatic heterocycles. The van der Waals surface area contributed by atoms with Crippen molar-refractivity contribution in [2.75, 3.05) is 19.7 Å². The molecule has 1 saturated heterocycles. The molecule has 2 atom stereocenters. The number of nitrogens with zero attached hydrogens (tertiary/aromatic N) is 3. The zero-order valence-electron chi connectivity index (χ0n) is 13.8. The molecule has 122 valence electrons. The van der Waals surface area contributed by atoms with E-state index in [1.807, 2.05) is 12.1 Å². The van der Waals surface area contributed by atoms with Gasteiger partial charge in [-0.1, -0.05) is 31.0 Å². The minimum absolute atomic E-state index is 0.129. The van der Waals surface area contributed by atoms with E-state index in [0.29, 0.717) is 12.5 Å². The van der Waals surface area contributed by atoms with Crippen molar-refractivity contribution >= 4 is 10.9 Å². The van der Waals surface area contributed by atoms with E-state index in [1.165, 1.54) is 25.7 Å². The van der Waals surface area contributed by atoms with Crippen molar-refractivity contribution in [1.29, 1.82) is 0 Å². The average Bonchev–Trinajstić information content (AvgIpc) is 2.93. The van der Waals surface area contributed by atoms with Crippen molar-refractivity contribution in [1.82, 2.24) is 14.9 Å². The Bertz CT molecular complexity index is 717. The molecular weight excluding hydrogens is 286 g/mol. The van der Waals surface area contributed by atoms with E-state index in [9.17, 15) is 5.11 Å². The fraction of sp³-hybridized carbons (Fsp3) is 0.579. The predicted molar refractivity (Wildman–Crippen MR) is 91.0 cm³/mol. The zero-order chi connectivity index (χ0) is 15.9. The lowest BCUT2D eigenvalue weighted by Gasteiger charge is -2.36. The number of fused-ring (bicyclic) bond motifs is 2. The Labute approximate surface area is 137 Å². The lowest BCUT2D eigenvalue weighted by atomic mass is 9.69. The van der Waals surface area contributed by atoms with Crippen LogP contribution in [0.25, 0.3) is 10.9 Å². The maximum absolute atomic E-state index is 9.96. The lowest BCUT2D eigenvalue weighted by Crippen LogP contribution is -2.36. The predicted octanol–water partition coefficient (Wildman–Crippen LogP) is 2.92. The highest BCUT2D eigenvalue weighted by Gasteiger charge is 2.47. The van der Waals surface area contributed by atoms with E-state index in [0.717, 1.165) is 42.1 Å². The summed E-state index contributed by atoms with van der Waals surface area (Å²) in [6.07, 6.45) is 5.00.